The summed E-state index contributed by atoms with van der Waals surface area (Å²) in [6, 6.07) is 7.79. The van der Waals surface area contributed by atoms with E-state index in [2.05, 4.69) is 30.6 Å². The van der Waals surface area contributed by atoms with Crippen LogP contribution >= 0.6 is 0 Å². The zero-order valence-corrected chi connectivity index (χ0v) is 10.1. The van der Waals surface area contributed by atoms with Gasteiger partial charge in [-0.25, -0.2) is 0 Å². The molecule has 2 aliphatic carbocycles. The van der Waals surface area contributed by atoms with Crippen molar-refractivity contribution in [3.05, 3.63) is 34.9 Å². The Morgan fingerprint density at radius 2 is 1.88 bits per heavy atom. The van der Waals surface area contributed by atoms with Gasteiger partial charge in [-0.1, -0.05) is 18.2 Å². The number of aryl methyl sites for hydroxylation is 2. The molecular weight excluding hydrogens is 194 g/mol. The highest BCUT2D eigenvalue weighted by Gasteiger charge is 2.31. The van der Waals surface area contributed by atoms with E-state index in [4.69, 9.17) is 0 Å². The fourth-order valence-electron chi connectivity index (χ4n) is 3.05. The first-order valence-corrected chi connectivity index (χ1v) is 6.67. The zero-order valence-electron chi connectivity index (χ0n) is 10.1. The largest absolute Gasteiger partial charge is 0.313 e. The van der Waals surface area contributed by atoms with Gasteiger partial charge in [-0.3, -0.25) is 0 Å². The maximum atomic E-state index is 3.49. The molecule has 0 spiro atoms. The lowest BCUT2D eigenvalue weighted by atomic mass is 9.88. The zero-order chi connectivity index (χ0) is 11.0. The Morgan fingerprint density at radius 3 is 2.56 bits per heavy atom. The first kappa shape index (κ1) is 10.3. The van der Waals surface area contributed by atoms with E-state index in [9.17, 15) is 0 Å². The van der Waals surface area contributed by atoms with E-state index in [0.717, 1.165) is 5.92 Å². The van der Waals surface area contributed by atoms with Gasteiger partial charge in [0.25, 0.3) is 0 Å². The molecule has 16 heavy (non-hydrogen) atoms. The standard InChI is InChI=1S/C15H21N/c1-16-15(12-7-8-12)14-9-6-11-4-2-3-5-13(11)10-14/h6,9-10,12,15-16H,2-5,7-8H2,1H3. The maximum absolute atomic E-state index is 3.49. The van der Waals surface area contributed by atoms with E-state index in [0.29, 0.717) is 6.04 Å². The molecule has 1 unspecified atom stereocenters. The summed E-state index contributed by atoms with van der Waals surface area (Å²) in [5.74, 6) is 0.895. The summed E-state index contributed by atoms with van der Waals surface area (Å²) < 4.78 is 0. The second-order valence-electron chi connectivity index (χ2n) is 5.34. The van der Waals surface area contributed by atoms with Crippen LogP contribution in [-0.4, -0.2) is 7.05 Å². The molecule has 0 aliphatic heterocycles. The monoisotopic (exact) mass is 215 g/mol. The van der Waals surface area contributed by atoms with Crippen molar-refractivity contribution in [1.82, 2.24) is 5.32 Å². The van der Waals surface area contributed by atoms with Crippen LogP contribution in [0.3, 0.4) is 0 Å². The Balaban J connectivity index is 1.89. The van der Waals surface area contributed by atoms with Crippen LogP contribution in [0.5, 0.6) is 0 Å². The number of rotatable bonds is 3. The molecule has 0 saturated heterocycles. The lowest BCUT2D eigenvalue weighted by Gasteiger charge is -2.21. The third-order valence-electron chi connectivity index (χ3n) is 4.14. The maximum Gasteiger partial charge on any atom is 0.0346 e. The van der Waals surface area contributed by atoms with Crippen LogP contribution in [0.4, 0.5) is 0 Å². The molecular formula is C15H21N. The van der Waals surface area contributed by atoms with Crippen molar-refractivity contribution in [2.24, 2.45) is 5.92 Å². The van der Waals surface area contributed by atoms with Gasteiger partial charge in [-0.15, -0.1) is 0 Å². The molecule has 0 aromatic heterocycles. The highest BCUT2D eigenvalue weighted by molar-refractivity contribution is 5.35. The normalized spacial score (nSPS) is 21.6. The van der Waals surface area contributed by atoms with Gasteiger partial charge in [-0.2, -0.15) is 0 Å². The van der Waals surface area contributed by atoms with Crippen LogP contribution in [-0.2, 0) is 12.8 Å². The van der Waals surface area contributed by atoms with Gasteiger partial charge in [0.2, 0.25) is 0 Å². The van der Waals surface area contributed by atoms with Crippen molar-refractivity contribution >= 4 is 0 Å². The number of nitrogens with one attached hydrogen (secondary N) is 1. The van der Waals surface area contributed by atoms with Gasteiger partial charge in [0, 0.05) is 6.04 Å². The molecule has 86 valence electrons. The van der Waals surface area contributed by atoms with Crippen molar-refractivity contribution in [2.45, 2.75) is 44.6 Å². The van der Waals surface area contributed by atoms with E-state index in [-0.39, 0.29) is 0 Å². The average molecular weight is 215 g/mol. The van der Waals surface area contributed by atoms with Crippen LogP contribution in [0.25, 0.3) is 0 Å². The molecule has 2 aliphatic rings. The summed E-state index contributed by atoms with van der Waals surface area (Å²) in [5.41, 5.74) is 4.73. The van der Waals surface area contributed by atoms with Crippen molar-refractivity contribution in [1.29, 1.82) is 0 Å². The minimum Gasteiger partial charge on any atom is -0.313 e. The van der Waals surface area contributed by atoms with Gasteiger partial charge < -0.3 is 5.32 Å². The number of fused-ring (bicyclic) bond motifs is 1. The minimum absolute atomic E-state index is 0.604. The highest BCUT2D eigenvalue weighted by atomic mass is 14.9. The highest BCUT2D eigenvalue weighted by Crippen LogP contribution is 2.41. The molecule has 1 N–H and O–H groups in total. The predicted octanol–water partition coefficient (Wildman–Crippen LogP) is 3.24. The third kappa shape index (κ3) is 1.89. The molecule has 0 radical (unpaired) electrons. The van der Waals surface area contributed by atoms with Crippen LogP contribution in [0.1, 0.15) is 48.4 Å². The van der Waals surface area contributed by atoms with Crippen LogP contribution < -0.4 is 5.32 Å². The number of hydrogen-bond acceptors (Lipinski definition) is 1. The van der Waals surface area contributed by atoms with Crippen molar-refractivity contribution in [3.63, 3.8) is 0 Å². The SMILES string of the molecule is CNC(c1ccc2c(c1)CCCC2)C1CC1. The number of benzene rings is 1. The molecule has 1 aromatic rings. The van der Waals surface area contributed by atoms with Crippen molar-refractivity contribution < 1.29 is 0 Å². The molecule has 1 saturated carbocycles. The van der Waals surface area contributed by atoms with Crippen molar-refractivity contribution in [2.75, 3.05) is 7.05 Å². The van der Waals surface area contributed by atoms with E-state index in [1.807, 2.05) is 0 Å². The summed E-state index contributed by atoms with van der Waals surface area (Å²) in [5, 5.41) is 3.49. The third-order valence-corrected chi connectivity index (χ3v) is 4.14. The average Bonchev–Trinajstić information content (AvgIpc) is 3.14. The molecule has 0 heterocycles. The quantitative estimate of drug-likeness (QED) is 0.816. The Bertz CT molecular complexity index is 379. The lowest BCUT2D eigenvalue weighted by Crippen LogP contribution is -2.19. The summed E-state index contributed by atoms with van der Waals surface area (Å²) in [7, 11) is 2.10. The van der Waals surface area contributed by atoms with Gasteiger partial charge in [0.1, 0.15) is 0 Å². The molecule has 1 heteroatoms. The predicted molar refractivity (Wildman–Crippen MR) is 67.6 cm³/mol. The molecule has 1 fully saturated rings. The van der Waals surface area contributed by atoms with Gasteiger partial charge in [0.05, 0.1) is 0 Å². The first-order chi connectivity index (χ1) is 7.88. The molecule has 0 bridgehead atoms. The Hall–Kier alpha value is -0.820. The second-order valence-corrected chi connectivity index (χ2v) is 5.34. The lowest BCUT2D eigenvalue weighted by molar-refractivity contribution is 0.527. The Morgan fingerprint density at radius 1 is 1.12 bits per heavy atom. The minimum atomic E-state index is 0.604. The fraction of sp³-hybridized carbons (Fsp3) is 0.600. The molecule has 1 atom stereocenters. The van der Waals surface area contributed by atoms with E-state index < -0.39 is 0 Å². The second kappa shape index (κ2) is 4.21. The van der Waals surface area contributed by atoms with Crippen molar-refractivity contribution in [3.8, 4) is 0 Å². The van der Waals surface area contributed by atoms with Gasteiger partial charge >= 0.3 is 0 Å². The summed E-state index contributed by atoms with van der Waals surface area (Å²) in [6.07, 6.45) is 8.16. The topological polar surface area (TPSA) is 12.0 Å². The van der Waals surface area contributed by atoms with E-state index >= 15 is 0 Å². The van der Waals surface area contributed by atoms with Gasteiger partial charge in [-0.05, 0) is 68.2 Å². The first-order valence-electron chi connectivity index (χ1n) is 6.67. The Kier molecular flexibility index (Phi) is 2.72. The molecule has 0 amide bonds. The van der Waals surface area contributed by atoms with Crippen LogP contribution in [0.15, 0.2) is 18.2 Å². The van der Waals surface area contributed by atoms with Crippen LogP contribution in [0.2, 0.25) is 0 Å². The molecule has 3 rings (SSSR count). The van der Waals surface area contributed by atoms with E-state index in [1.165, 1.54) is 44.1 Å². The summed E-state index contributed by atoms with van der Waals surface area (Å²) in [6.45, 7) is 0. The molecule has 1 nitrogen and oxygen atoms in total. The summed E-state index contributed by atoms with van der Waals surface area (Å²) >= 11 is 0. The Labute approximate surface area is 98.3 Å². The van der Waals surface area contributed by atoms with E-state index in [1.54, 1.807) is 11.1 Å². The smallest absolute Gasteiger partial charge is 0.0346 e. The summed E-state index contributed by atoms with van der Waals surface area (Å²) in [4.78, 5) is 0. The van der Waals surface area contributed by atoms with Crippen LogP contribution in [0, 0.1) is 5.92 Å². The molecule has 1 aromatic carbocycles. The number of hydrogen-bond donors (Lipinski definition) is 1. The fourth-order valence-corrected chi connectivity index (χ4v) is 3.05. The van der Waals surface area contributed by atoms with Gasteiger partial charge in [0.15, 0.2) is 0 Å².